The highest BCUT2D eigenvalue weighted by Crippen LogP contribution is 2.35. The van der Waals surface area contributed by atoms with Crippen LogP contribution in [0.25, 0.3) is 0 Å². The van der Waals surface area contributed by atoms with E-state index in [9.17, 15) is 0 Å². The Kier molecular flexibility index (Phi) is 5.03. The van der Waals surface area contributed by atoms with Gasteiger partial charge in [0.1, 0.15) is 0 Å². The third-order valence-corrected chi connectivity index (χ3v) is 4.58. The fourth-order valence-corrected chi connectivity index (χ4v) is 3.42. The molecule has 108 valence electrons. The molecule has 2 N–H and O–H groups in total. The van der Waals surface area contributed by atoms with E-state index < -0.39 is 0 Å². The first-order valence-corrected chi connectivity index (χ1v) is 8.02. The molecular weight excluding hydrogens is 234 g/mol. The number of hydrogen-bond donors (Lipinski definition) is 1. The summed E-state index contributed by atoms with van der Waals surface area (Å²) in [6.07, 6.45) is 8.36. The molecule has 1 aromatic rings. The van der Waals surface area contributed by atoms with Gasteiger partial charge in [0.25, 0.3) is 0 Å². The Bertz CT molecular complexity index is 397. The average Bonchev–Trinajstić information content (AvgIpc) is 2.84. The summed E-state index contributed by atoms with van der Waals surface area (Å²) in [7, 11) is 0. The number of hydrogen-bond acceptors (Lipinski definition) is 2. The molecule has 0 aliphatic heterocycles. The van der Waals surface area contributed by atoms with Crippen LogP contribution in [0.3, 0.4) is 0 Å². The Labute approximate surface area is 117 Å². The van der Waals surface area contributed by atoms with Crippen LogP contribution in [0.15, 0.2) is 6.07 Å². The average molecular weight is 263 g/mol. The fourth-order valence-electron chi connectivity index (χ4n) is 3.42. The smallest absolute Gasteiger partial charge is 0.0675 e. The molecule has 0 aromatic carbocycles. The second-order valence-corrected chi connectivity index (χ2v) is 5.98. The molecule has 1 saturated carbocycles. The molecule has 0 bridgehead atoms. The predicted octanol–water partition coefficient (Wildman–Crippen LogP) is 3.48. The molecule has 0 amide bonds. The molecule has 1 heterocycles. The zero-order chi connectivity index (χ0) is 13.8. The van der Waals surface area contributed by atoms with Gasteiger partial charge in [-0.3, -0.25) is 4.68 Å². The van der Waals surface area contributed by atoms with Gasteiger partial charge in [0.2, 0.25) is 0 Å². The molecular formula is C16H29N3. The van der Waals surface area contributed by atoms with Crippen molar-refractivity contribution in [2.45, 2.75) is 77.8 Å². The van der Waals surface area contributed by atoms with Crippen molar-refractivity contribution in [3.63, 3.8) is 0 Å². The van der Waals surface area contributed by atoms with E-state index in [1.165, 1.54) is 37.1 Å². The van der Waals surface area contributed by atoms with Gasteiger partial charge in [-0.25, -0.2) is 0 Å². The van der Waals surface area contributed by atoms with E-state index in [0.717, 1.165) is 25.2 Å². The molecule has 3 atom stereocenters. The summed E-state index contributed by atoms with van der Waals surface area (Å²) in [4.78, 5) is 0. The van der Waals surface area contributed by atoms with E-state index in [0.29, 0.717) is 6.04 Å². The van der Waals surface area contributed by atoms with E-state index in [-0.39, 0.29) is 6.04 Å². The normalized spacial score (nSPS) is 27.7. The van der Waals surface area contributed by atoms with Crippen LogP contribution in [0.4, 0.5) is 0 Å². The van der Waals surface area contributed by atoms with Crippen LogP contribution in [-0.4, -0.2) is 15.8 Å². The molecule has 3 unspecified atom stereocenters. The van der Waals surface area contributed by atoms with Gasteiger partial charge in [-0.05, 0) is 44.1 Å². The van der Waals surface area contributed by atoms with Crippen LogP contribution < -0.4 is 5.73 Å². The zero-order valence-electron chi connectivity index (χ0n) is 12.7. The highest BCUT2D eigenvalue weighted by atomic mass is 15.3. The second-order valence-electron chi connectivity index (χ2n) is 5.98. The summed E-state index contributed by atoms with van der Waals surface area (Å²) in [5, 5.41) is 4.80. The Morgan fingerprint density at radius 3 is 2.68 bits per heavy atom. The Balaban J connectivity index is 2.20. The van der Waals surface area contributed by atoms with E-state index in [2.05, 4.69) is 31.5 Å². The molecule has 1 aromatic heterocycles. The van der Waals surface area contributed by atoms with Gasteiger partial charge in [-0.15, -0.1) is 0 Å². The molecule has 19 heavy (non-hydrogen) atoms. The summed E-state index contributed by atoms with van der Waals surface area (Å²) >= 11 is 0. The number of aromatic nitrogens is 2. The topological polar surface area (TPSA) is 43.8 Å². The van der Waals surface area contributed by atoms with E-state index >= 15 is 0 Å². The van der Waals surface area contributed by atoms with Crippen LogP contribution in [0.5, 0.6) is 0 Å². The van der Waals surface area contributed by atoms with Crippen molar-refractivity contribution in [1.29, 1.82) is 0 Å². The lowest BCUT2D eigenvalue weighted by Gasteiger charge is -2.35. The summed E-state index contributed by atoms with van der Waals surface area (Å²) in [6, 6.07) is 2.96. The molecule has 0 saturated heterocycles. The van der Waals surface area contributed by atoms with Crippen molar-refractivity contribution < 1.29 is 0 Å². The van der Waals surface area contributed by atoms with Crippen LogP contribution in [0.2, 0.25) is 0 Å². The Morgan fingerprint density at radius 2 is 2.05 bits per heavy atom. The Morgan fingerprint density at radius 1 is 1.26 bits per heavy atom. The van der Waals surface area contributed by atoms with Crippen molar-refractivity contribution in [1.82, 2.24) is 9.78 Å². The first-order chi connectivity index (χ1) is 9.19. The van der Waals surface area contributed by atoms with E-state index in [1.54, 1.807) is 0 Å². The van der Waals surface area contributed by atoms with Crippen LogP contribution in [-0.2, 0) is 12.8 Å². The van der Waals surface area contributed by atoms with Crippen LogP contribution >= 0.6 is 0 Å². The van der Waals surface area contributed by atoms with Crippen molar-refractivity contribution in [3.05, 3.63) is 17.5 Å². The van der Waals surface area contributed by atoms with Crippen LogP contribution in [0.1, 0.15) is 70.3 Å². The lowest BCUT2D eigenvalue weighted by Crippen LogP contribution is -2.39. The molecule has 2 rings (SSSR count). The third kappa shape index (κ3) is 3.19. The summed E-state index contributed by atoms with van der Waals surface area (Å²) < 4.78 is 2.26. The molecule has 1 aliphatic carbocycles. The monoisotopic (exact) mass is 263 g/mol. The minimum atomic E-state index is 0.281. The maximum absolute atomic E-state index is 6.38. The molecule has 1 aliphatic rings. The first-order valence-electron chi connectivity index (χ1n) is 8.02. The van der Waals surface area contributed by atoms with Gasteiger partial charge in [-0.2, -0.15) is 5.10 Å². The maximum Gasteiger partial charge on any atom is 0.0675 e. The van der Waals surface area contributed by atoms with Crippen molar-refractivity contribution in [2.75, 3.05) is 0 Å². The second kappa shape index (κ2) is 6.56. The number of nitrogens with zero attached hydrogens (tertiary/aromatic N) is 2. The van der Waals surface area contributed by atoms with E-state index in [4.69, 9.17) is 10.8 Å². The fraction of sp³-hybridized carbons (Fsp3) is 0.812. The molecule has 0 radical (unpaired) electrons. The quantitative estimate of drug-likeness (QED) is 0.884. The number of aryl methyl sites for hydroxylation is 2. The summed E-state index contributed by atoms with van der Waals surface area (Å²) in [5.41, 5.74) is 8.95. The third-order valence-electron chi connectivity index (χ3n) is 4.58. The molecule has 1 fully saturated rings. The number of rotatable bonds is 5. The van der Waals surface area contributed by atoms with Crippen molar-refractivity contribution in [2.24, 2.45) is 11.7 Å². The van der Waals surface area contributed by atoms with Gasteiger partial charge < -0.3 is 5.73 Å². The lowest BCUT2D eigenvalue weighted by atomic mass is 9.80. The lowest BCUT2D eigenvalue weighted by molar-refractivity contribution is 0.208. The standard InChI is InChI=1S/C16H29N3/c1-4-7-12-8-9-15(17)16(10-12)19-14(6-3)11-13(5-2)18-19/h11-12,15-16H,4-10,17H2,1-3H3. The SMILES string of the molecule is CCCC1CCC(N)C(n2nc(CC)cc2CC)C1. The van der Waals surface area contributed by atoms with Gasteiger partial charge in [-0.1, -0.05) is 33.6 Å². The highest BCUT2D eigenvalue weighted by molar-refractivity contribution is 5.12. The van der Waals surface area contributed by atoms with Gasteiger partial charge >= 0.3 is 0 Å². The Hall–Kier alpha value is -0.830. The minimum Gasteiger partial charge on any atom is -0.326 e. The van der Waals surface area contributed by atoms with Crippen molar-refractivity contribution in [3.8, 4) is 0 Å². The first kappa shape index (κ1) is 14.6. The molecule has 3 heteroatoms. The van der Waals surface area contributed by atoms with Crippen molar-refractivity contribution >= 4 is 0 Å². The maximum atomic E-state index is 6.38. The predicted molar refractivity (Wildman–Crippen MR) is 80.2 cm³/mol. The van der Waals surface area contributed by atoms with Gasteiger partial charge in [0.05, 0.1) is 11.7 Å². The minimum absolute atomic E-state index is 0.281. The van der Waals surface area contributed by atoms with Crippen LogP contribution in [0, 0.1) is 5.92 Å². The van der Waals surface area contributed by atoms with E-state index in [1.807, 2.05) is 0 Å². The molecule has 0 spiro atoms. The van der Waals surface area contributed by atoms with Gasteiger partial charge in [0.15, 0.2) is 0 Å². The zero-order valence-corrected chi connectivity index (χ0v) is 12.7. The largest absolute Gasteiger partial charge is 0.326 e. The van der Waals surface area contributed by atoms with Gasteiger partial charge in [0, 0.05) is 11.7 Å². The summed E-state index contributed by atoms with van der Waals surface area (Å²) in [6.45, 7) is 6.67. The highest BCUT2D eigenvalue weighted by Gasteiger charge is 2.30. The number of nitrogens with two attached hydrogens (primary N) is 1. The molecule has 3 nitrogen and oxygen atoms in total. The summed E-state index contributed by atoms with van der Waals surface area (Å²) in [5.74, 6) is 0.841.